The van der Waals surface area contributed by atoms with Gasteiger partial charge in [-0.15, -0.1) is 0 Å². The van der Waals surface area contributed by atoms with Gasteiger partial charge in [-0.1, -0.05) is 25.0 Å². The van der Waals surface area contributed by atoms with Gasteiger partial charge in [0.2, 0.25) is 0 Å². The molecular formula is C22H27NO4. The molecule has 1 aliphatic rings. The summed E-state index contributed by atoms with van der Waals surface area (Å²) in [6.07, 6.45) is 4.24. The normalized spacial score (nSPS) is 17.1. The van der Waals surface area contributed by atoms with Crippen LogP contribution in [0.15, 0.2) is 42.5 Å². The Morgan fingerprint density at radius 1 is 0.889 bits per heavy atom. The molecule has 5 nitrogen and oxygen atoms in total. The number of ether oxygens (including phenoxy) is 3. The van der Waals surface area contributed by atoms with Crippen molar-refractivity contribution >= 4 is 5.91 Å². The molecule has 144 valence electrons. The van der Waals surface area contributed by atoms with Crippen LogP contribution in [0.2, 0.25) is 0 Å². The van der Waals surface area contributed by atoms with Gasteiger partial charge in [-0.05, 0) is 48.7 Å². The molecule has 0 bridgehead atoms. The number of methoxy groups -OCH3 is 3. The fourth-order valence-corrected chi connectivity index (χ4v) is 3.66. The molecular weight excluding hydrogens is 342 g/mol. The van der Waals surface area contributed by atoms with Gasteiger partial charge in [-0.25, -0.2) is 0 Å². The Bertz CT molecular complexity index is 772. The molecule has 3 rings (SSSR count). The van der Waals surface area contributed by atoms with Crippen LogP contribution in [0.3, 0.4) is 0 Å². The zero-order valence-corrected chi connectivity index (χ0v) is 16.2. The van der Waals surface area contributed by atoms with Gasteiger partial charge in [0.1, 0.15) is 5.75 Å². The van der Waals surface area contributed by atoms with Gasteiger partial charge in [0.15, 0.2) is 11.5 Å². The summed E-state index contributed by atoms with van der Waals surface area (Å²) in [5.74, 6) is 2.04. The molecule has 0 spiro atoms. The first-order valence-corrected chi connectivity index (χ1v) is 9.35. The van der Waals surface area contributed by atoms with E-state index < -0.39 is 0 Å². The number of hydrogen-bond donors (Lipinski definition) is 0. The minimum atomic E-state index is 0.0265. The number of nitrogens with zero attached hydrogens (tertiary/aromatic N) is 1. The van der Waals surface area contributed by atoms with E-state index in [-0.39, 0.29) is 11.9 Å². The summed E-state index contributed by atoms with van der Waals surface area (Å²) in [6.45, 7) is 0.754. The van der Waals surface area contributed by atoms with E-state index >= 15 is 0 Å². The average molecular weight is 369 g/mol. The Hall–Kier alpha value is -2.69. The number of rotatable bonds is 5. The summed E-state index contributed by atoms with van der Waals surface area (Å²) in [6, 6.07) is 13.5. The molecule has 1 amide bonds. The van der Waals surface area contributed by atoms with Gasteiger partial charge in [0.05, 0.1) is 27.4 Å². The topological polar surface area (TPSA) is 48.0 Å². The minimum absolute atomic E-state index is 0.0265. The Labute approximate surface area is 160 Å². The predicted molar refractivity (Wildman–Crippen MR) is 105 cm³/mol. The fourth-order valence-electron chi connectivity index (χ4n) is 3.66. The second-order valence-corrected chi connectivity index (χ2v) is 6.71. The Morgan fingerprint density at radius 2 is 1.63 bits per heavy atom. The first-order chi connectivity index (χ1) is 13.2. The maximum atomic E-state index is 13.3. The molecule has 0 radical (unpaired) electrons. The number of amides is 1. The second kappa shape index (κ2) is 8.80. The Morgan fingerprint density at radius 3 is 2.30 bits per heavy atom. The van der Waals surface area contributed by atoms with Crippen molar-refractivity contribution in [3.8, 4) is 17.2 Å². The van der Waals surface area contributed by atoms with Gasteiger partial charge >= 0.3 is 0 Å². The number of carbonyl (C=O) groups excluding carboxylic acids is 1. The quantitative estimate of drug-likeness (QED) is 0.780. The van der Waals surface area contributed by atoms with Crippen LogP contribution in [-0.2, 0) is 0 Å². The summed E-state index contributed by atoms with van der Waals surface area (Å²) in [5.41, 5.74) is 1.76. The number of likely N-dealkylation sites (tertiary alicyclic amines) is 1. The predicted octanol–water partition coefficient (Wildman–Crippen LogP) is 4.47. The highest BCUT2D eigenvalue weighted by Crippen LogP contribution is 2.34. The van der Waals surface area contributed by atoms with E-state index in [4.69, 9.17) is 14.2 Å². The fraction of sp³-hybridized carbons (Fsp3) is 0.409. The molecule has 2 aromatic carbocycles. The smallest absolute Gasteiger partial charge is 0.254 e. The van der Waals surface area contributed by atoms with E-state index in [0.29, 0.717) is 17.1 Å². The van der Waals surface area contributed by atoms with Crippen molar-refractivity contribution in [2.45, 2.75) is 31.7 Å². The van der Waals surface area contributed by atoms with Gasteiger partial charge in [0, 0.05) is 12.1 Å². The standard InChI is InChI=1S/C22H27NO4/c1-25-18-11-8-16(9-12-18)19-7-5-4-6-14-23(19)22(24)17-10-13-20(26-2)21(15-17)27-3/h8-13,15,19H,4-7,14H2,1-3H3/t19-/m1/s1. The summed E-state index contributed by atoms with van der Waals surface area (Å²) in [7, 11) is 4.83. The molecule has 1 saturated heterocycles. The molecule has 1 heterocycles. The molecule has 2 aromatic rings. The van der Waals surface area contributed by atoms with Gasteiger partial charge in [0.25, 0.3) is 5.91 Å². The van der Waals surface area contributed by atoms with Crippen molar-refractivity contribution in [1.29, 1.82) is 0 Å². The van der Waals surface area contributed by atoms with Crippen LogP contribution in [-0.4, -0.2) is 38.7 Å². The third-order valence-electron chi connectivity index (χ3n) is 5.14. The van der Waals surface area contributed by atoms with Crippen LogP contribution >= 0.6 is 0 Å². The molecule has 1 atom stereocenters. The van der Waals surface area contributed by atoms with E-state index in [0.717, 1.165) is 43.5 Å². The zero-order valence-electron chi connectivity index (χ0n) is 16.2. The molecule has 5 heteroatoms. The maximum absolute atomic E-state index is 13.3. The Balaban J connectivity index is 1.91. The van der Waals surface area contributed by atoms with E-state index in [2.05, 4.69) is 12.1 Å². The van der Waals surface area contributed by atoms with Crippen LogP contribution in [0.4, 0.5) is 0 Å². The lowest BCUT2D eigenvalue weighted by Crippen LogP contribution is -2.34. The summed E-state index contributed by atoms with van der Waals surface area (Å²) in [5, 5.41) is 0. The van der Waals surface area contributed by atoms with E-state index in [1.54, 1.807) is 39.5 Å². The molecule has 1 aliphatic heterocycles. The van der Waals surface area contributed by atoms with Gasteiger partial charge in [-0.2, -0.15) is 0 Å². The van der Waals surface area contributed by atoms with Crippen molar-refractivity contribution in [2.75, 3.05) is 27.9 Å². The third kappa shape index (κ3) is 4.18. The Kier molecular flexibility index (Phi) is 6.22. The number of carbonyl (C=O) groups is 1. The van der Waals surface area contributed by atoms with E-state index in [9.17, 15) is 4.79 Å². The first kappa shape index (κ1) is 19.1. The van der Waals surface area contributed by atoms with E-state index in [1.165, 1.54) is 0 Å². The lowest BCUT2D eigenvalue weighted by Gasteiger charge is -2.31. The molecule has 27 heavy (non-hydrogen) atoms. The van der Waals surface area contributed by atoms with Gasteiger partial charge < -0.3 is 19.1 Å². The van der Waals surface area contributed by atoms with Gasteiger partial charge in [-0.3, -0.25) is 4.79 Å². The number of hydrogen-bond acceptors (Lipinski definition) is 4. The minimum Gasteiger partial charge on any atom is -0.497 e. The van der Waals surface area contributed by atoms with Crippen LogP contribution in [0.1, 0.15) is 47.6 Å². The summed E-state index contributed by atoms with van der Waals surface area (Å²) >= 11 is 0. The third-order valence-corrected chi connectivity index (χ3v) is 5.14. The molecule has 0 aliphatic carbocycles. The van der Waals surface area contributed by atoms with Crippen molar-refractivity contribution in [3.05, 3.63) is 53.6 Å². The first-order valence-electron chi connectivity index (χ1n) is 9.35. The summed E-state index contributed by atoms with van der Waals surface area (Å²) < 4.78 is 15.9. The highest BCUT2D eigenvalue weighted by molar-refractivity contribution is 5.95. The SMILES string of the molecule is COc1ccc([C@H]2CCCCCN2C(=O)c2ccc(OC)c(OC)c2)cc1. The number of benzene rings is 2. The molecule has 0 aromatic heterocycles. The second-order valence-electron chi connectivity index (χ2n) is 6.71. The summed E-state index contributed by atoms with van der Waals surface area (Å²) in [4.78, 5) is 15.3. The highest BCUT2D eigenvalue weighted by atomic mass is 16.5. The maximum Gasteiger partial charge on any atom is 0.254 e. The monoisotopic (exact) mass is 369 g/mol. The van der Waals surface area contributed by atoms with Crippen LogP contribution in [0.25, 0.3) is 0 Å². The van der Waals surface area contributed by atoms with Crippen molar-refractivity contribution < 1.29 is 19.0 Å². The largest absolute Gasteiger partial charge is 0.497 e. The highest BCUT2D eigenvalue weighted by Gasteiger charge is 2.28. The van der Waals surface area contributed by atoms with Crippen LogP contribution in [0, 0.1) is 0 Å². The average Bonchev–Trinajstić information content (AvgIpc) is 2.98. The van der Waals surface area contributed by atoms with Crippen molar-refractivity contribution in [3.63, 3.8) is 0 Å². The molecule has 1 fully saturated rings. The molecule has 0 saturated carbocycles. The van der Waals surface area contributed by atoms with Crippen LogP contribution < -0.4 is 14.2 Å². The zero-order chi connectivity index (χ0) is 19.2. The van der Waals surface area contributed by atoms with Crippen molar-refractivity contribution in [1.82, 2.24) is 4.90 Å². The van der Waals surface area contributed by atoms with Crippen LogP contribution in [0.5, 0.6) is 17.2 Å². The molecule has 0 N–H and O–H groups in total. The molecule has 0 unspecified atom stereocenters. The lowest BCUT2D eigenvalue weighted by molar-refractivity contribution is 0.0680. The lowest BCUT2D eigenvalue weighted by atomic mass is 10.00. The van der Waals surface area contributed by atoms with Crippen molar-refractivity contribution in [2.24, 2.45) is 0 Å². The van der Waals surface area contributed by atoms with E-state index in [1.807, 2.05) is 17.0 Å².